The van der Waals surface area contributed by atoms with Gasteiger partial charge in [0.2, 0.25) is 0 Å². The molecule has 10 nitrogen and oxygen atoms in total. The van der Waals surface area contributed by atoms with Crippen molar-refractivity contribution < 1.29 is 28.9 Å². The third-order valence-electron chi connectivity index (χ3n) is 6.39. The van der Waals surface area contributed by atoms with Crippen LogP contribution in [0.1, 0.15) is 75.1 Å². The number of carbonyl (C=O) groups is 4. The van der Waals surface area contributed by atoms with Gasteiger partial charge in [0, 0.05) is 49.1 Å². The normalized spacial score (nSPS) is 24.2. The van der Waals surface area contributed by atoms with Crippen molar-refractivity contribution in [3.8, 4) is 0 Å². The zero-order valence-corrected chi connectivity index (χ0v) is 21.9. The van der Waals surface area contributed by atoms with E-state index in [1.54, 1.807) is 15.9 Å². The molecular formula is C26H38N4O6. The van der Waals surface area contributed by atoms with Gasteiger partial charge in [0.15, 0.2) is 12.2 Å². The molecule has 1 aromatic rings. The fourth-order valence-electron chi connectivity index (χ4n) is 4.57. The third-order valence-corrected chi connectivity index (χ3v) is 6.39. The highest BCUT2D eigenvalue weighted by Gasteiger charge is 2.39. The number of hydroxylamine groups is 2. The molecule has 2 heterocycles. The monoisotopic (exact) mass is 502 g/mol. The largest absolute Gasteiger partial charge is 0.337 e. The van der Waals surface area contributed by atoms with E-state index in [2.05, 4.69) is 11.0 Å². The van der Waals surface area contributed by atoms with Gasteiger partial charge < -0.3 is 9.80 Å². The Morgan fingerprint density at radius 3 is 1.58 bits per heavy atom. The summed E-state index contributed by atoms with van der Waals surface area (Å²) in [6.45, 7) is 13.3. The first-order chi connectivity index (χ1) is 17.0. The second-order valence-electron chi connectivity index (χ2n) is 10.6. The Labute approximate surface area is 212 Å². The second-order valence-corrected chi connectivity index (χ2v) is 10.6. The Kier molecular flexibility index (Phi) is 9.08. The molecule has 2 fully saturated rings. The van der Waals surface area contributed by atoms with E-state index < -0.39 is 24.0 Å². The van der Waals surface area contributed by atoms with Crippen LogP contribution in [0.3, 0.4) is 0 Å². The Balaban J connectivity index is 1.53. The standard InChI is InChI=1S/C26H38N4O6/c1-15(2)13-29-17(5)10-21(25(29)33)35-27-23(31)19-8-7-9-20(12-19)24(32)28-36-22-11-18(6)30(26(22)34)14-16(3)4/h7-9,12,15-18,21-22H,10-11,13-14H2,1-6H3,(H,27,31)(H,28,32)/t17?,18?,21-,22-/m1/s1. The quantitative estimate of drug-likeness (QED) is 0.474. The molecule has 0 aliphatic carbocycles. The van der Waals surface area contributed by atoms with E-state index in [0.717, 1.165) is 0 Å². The summed E-state index contributed by atoms with van der Waals surface area (Å²) in [6, 6.07) is 6.08. The predicted molar refractivity (Wildman–Crippen MR) is 132 cm³/mol. The molecule has 198 valence electrons. The average molecular weight is 503 g/mol. The molecule has 3 rings (SSSR count). The molecule has 36 heavy (non-hydrogen) atoms. The minimum atomic E-state index is -0.746. The average Bonchev–Trinajstić information content (AvgIpc) is 3.24. The summed E-state index contributed by atoms with van der Waals surface area (Å²) in [5, 5.41) is 0. The van der Waals surface area contributed by atoms with E-state index in [4.69, 9.17) is 9.68 Å². The van der Waals surface area contributed by atoms with Crippen molar-refractivity contribution in [1.82, 2.24) is 20.8 Å². The Morgan fingerprint density at radius 1 is 0.833 bits per heavy atom. The highest BCUT2D eigenvalue weighted by Crippen LogP contribution is 2.23. The summed E-state index contributed by atoms with van der Waals surface area (Å²) in [7, 11) is 0. The Hall–Kier alpha value is -2.98. The van der Waals surface area contributed by atoms with E-state index in [1.807, 2.05) is 41.5 Å². The van der Waals surface area contributed by atoms with Gasteiger partial charge in [-0.3, -0.25) is 28.9 Å². The van der Waals surface area contributed by atoms with Crippen LogP contribution < -0.4 is 11.0 Å². The van der Waals surface area contributed by atoms with Crippen LogP contribution >= 0.6 is 0 Å². The molecule has 2 saturated heterocycles. The van der Waals surface area contributed by atoms with Crippen molar-refractivity contribution in [1.29, 1.82) is 0 Å². The molecule has 0 aromatic heterocycles. The molecule has 0 spiro atoms. The number of rotatable bonds is 10. The molecule has 4 atom stereocenters. The fraction of sp³-hybridized carbons (Fsp3) is 0.615. The van der Waals surface area contributed by atoms with Crippen molar-refractivity contribution in [3.63, 3.8) is 0 Å². The molecule has 2 N–H and O–H groups in total. The van der Waals surface area contributed by atoms with Crippen LogP contribution in [0.25, 0.3) is 0 Å². The number of hydrogen-bond donors (Lipinski definition) is 2. The van der Waals surface area contributed by atoms with E-state index >= 15 is 0 Å². The molecule has 0 radical (unpaired) electrons. The van der Waals surface area contributed by atoms with Crippen LogP contribution in [0.5, 0.6) is 0 Å². The summed E-state index contributed by atoms with van der Waals surface area (Å²) in [5.74, 6) is -0.780. The van der Waals surface area contributed by atoms with Crippen molar-refractivity contribution in [2.24, 2.45) is 11.8 Å². The van der Waals surface area contributed by atoms with E-state index in [1.165, 1.54) is 18.2 Å². The van der Waals surface area contributed by atoms with Crippen molar-refractivity contribution in [2.75, 3.05) is 13.1 Å². The SMILES string of the molecule is CC(C)CN1C(=O)[C@H](ONC(=O)c2cccc(C(=O)NO[C@@H]3CC(C)N(CC(C)C)C3=O)c2)CC1C. The summed E-state index contributed by atoms with van der Waals surface area (Å²) in [6.07, 6.45) is -0.523. The Bertz CT molecular complexity index is 908. The van der Waals surface area contributed by atoms with Gasteiger partial charge in [-0.15, -0.1) is 0 Å². The van der Waals surface area contributed by atoms with Gasteiger partial charge in [0.25, 0.3) is 23.6 Å². The van der Waals surface area contributed by atoms with Crippen LogP contribution in [0, 0.1) is 11.8 Å². The number of amides is 4. The van der Waals surface area contributed by atoms with E-state index in [-0.39, 0.29) is 35.0 Å². The topological polar surface area (TPSA) is 117 Å². The number of nitrogens with zero attached hydrogens (tertiary/aromatic N) is 2. The first kappa shape index (κ1) is 27.6. The zero-order valence-electron chi connectivity index (χ0n) is 21.9. The summed E-state index contributed by atoms with van der Waals surface area (Å²) in [4.78, 5) is 64.8. The third kappa shape index (κ3) is 6.61. The van der Waals surface area contributed by atoms with Crippen molar-refractivity contribution in [2.45, 2.75) is 78.7 Å². The molecule has 0 saturated carbocycles. The molecular weight excluding hydrogens is 464 g/mol. The lowest BCUT2D eigenvalue weighted by atomic mass is 10.1. The van der Waals surface area contributed by atoms with Crippen LogP contribution in [0.4, 0.5) is 0 Å². The number of likely N-dealkylation sites (tertiary alicyclic amines) is 2. The maximum absolute atomic E-state index is 12.6. The molecule has 2 aliphatic rings. The minimum absolute atomic E-state index is 0.0287. The van der Waals surface area contributed by atoms with Gasteiger partial charge in [0.1, 0.15) is 0 Å². The Morgan fingerprint density at radius 2 is 1.22 bits per heavy atom. The summed E-state index contributed by atoms with van der Waals surface area (Å²) >= 11 is 0. The maximum atomic E-state index is 12.6. The predicted octanol–water partition coefficient (Wildman–Crippen LogP) is 2.30. The van der Waals surface area contributed by atoms with Crippen LogP contribution in [0.2, 0.25) is 0 Å². The minimum Gasteiger partial charge on any atom is -0.337 e. The zero-order chi connectivity index (χ0) is 26.6. The van der Waals surface area contributed by atoms with Crippen LogP contribution in [-0.4, -0.2) is 70.8 Å². The highest BCUT2D eigenvalue weighted by molar-refractivity contribution is 5.99. The van der Waals surface area contributed by atoms with Gasteiger partial charge in [-0.05, 0) is 43.9 Å². The highest BCUT2D eigenvalue weighted by atomic mass is 16.7. The summed E-state index contributed by atoms with van der Waals surface area (Å²) in [5.41, 5.74) is 5.06. The van der Waals surface area contributed by atoms with E-state index in [0.29, 0.717) is 37.8 Å². The lowest BCUT2D eigenvalue weighted by Gasteiger charge is -2.23. The fourth-order valence-corrected chi connectivity index (χ4v) is 4.57. The number of carbonyl (C=O) groups excluding carboxylic acids is 4. The molecule has 0 bridgehead atoms. The lowest BCUT2D eigenvalue weighted by Crippen LogP contribution is -2.39. The van der Waals surface area contributed by atoms with Gasteiger partial charge in [-0.2, -0.15) is 0 Å². The molecule has 4 amide bonds. The van der Waals surface area contributed by atoms with Gasteiger partial charge >= 0.3 is 0 Å². The molecule has 10 heteroatoms. The molecule has 1 aromatic carbocycles. The van der Waals surface area contributed by atoms with Gasteiger partial charge in [-0.25, -0.2) is 11.0 Å². The lowest BCUT2D eigenvalue weighted by molar-refractivity contribution is -0.141. The number of benzene rings is 1. The molecule has 2 aliphatic heterocycles. The first-order valence-corrected chi connectivity index (χ1v) is 12.6. The number of nitrogens with one attached hydrogen (secondary N) is 2. The van der Waals surface area contributed by atoms with Crippen LogP contribution in [0.15, 0.2) is 24.3 Å². The summed E-state index contributed by atoms with van der Waals surface area (Å²) < 4.78 is 0. The second kappa shape index (κ2) is 11.8. The smallest absolute Gasteiger partial charge is 0.274 e. The maximum Gasteiger partial charge on any atom is 0.274 e. The van der Waals surface area contributed by atoms with Gasteiger partial charge in [0.05, 0.1) is 0 Å². The van der Waals surface area contributed by atoms with Gasteiger partial charge in [-0.1, -0.05) is 33.8 Å². The molecule has 2 unspecified atom stereocenters. The van der Waals surface area contributed by atoms with Crippen molar-refractivity contribution in [3.05, 3.63) is 35.4 Å². The van der Waals surface area contributed by atoms with Crippen LogP contribution in [-0.2, 0) is 19.3 Å². The first-order valence-electron chi connectivity index (χ1n) is 12.6. The van der Waals surface area contributed by atoms with Crippen molar-refractivity contribution >= 4 is 23.6 Å². The van der Waals surface area contributed by atoms with E-state index in [9.17, 15) is 19.2 Å². The number of hydrogen-bond acceptors (Lipinski definition) is 6.